The minimum Gasteiger partial charge on any atom is -0.497 e. The lowest BCUT2D eigenvalue weighted by Crippen LogP contribution is -2.36. The lowest BCUT2D eigenvalue weighted by Gasteiger charge is -2.31. The van der Waals surface area contributed by atoms with Gasteiger partial charge in [-0.2, -0.15) is 0 Å². The third kappa shape index (κ3) is 2.94. The first-order valence-electron chi connectivity index (χ1n) is 6.37. The summed E-state index contributed by atoms with van der Waals surface area (Å²) in [5.74, 6) is 0.915. The van der Waals surface area contributed by atoms with Crippen molar-refractivity contribution in [1.29, 1.82) is 0 Å². The van der Waals surface area contributed by atoms with E-state index in [1.54, 1.807) is 14.0 Å². The molecule has 4 nitrogen and oxygen atoms in total. The summed E-state index contributed by atoms with van der Waals surface area (Å²) >= 11 is 0. The number of ether oxygens (including phenoxy) is 1. The van der Waals surface area contributed by atoms with Crippen LogP contribution in [0.15, 0.2) is 18.2 Å². The molecule has 1 aromatic rings. The van der Waals surface area contributed by atoms with Crippen LogP contribution in [0, 0.1) is 0 Å². The number of hydrogen-bond donors (Lipinski definition) is 1. The van der Waals surface area contributed by atoms with Crippen LogP contribution in [-0.2, 0) is 11.2 Å². The number of carbonyl (C=O) groups is 1. The standard InChI is InChI=1S/C14H20N2O2/c1-11(17)15-7-9-16-8-3-4-12-5-6-13(18-2)10-14(12)16/h5-6,10H,3-4,7-9H2,1-2H3,(H,15,17). The fraction of sp³-hybridized carbons (Fsp3) is 0.500. The molecule has 1 N–H and O–H groups in total. The van der Waals surface area contributed by atoms with Crippen LogP contribution >= 0.6 is 0 Å². The van der Waals surface area contributed by atoms with E-state index in [1.165, 1.54) is 17.7 Å². The molecule has 4 heteroatoms. The summed E-state index contributed by atoms with van der Waals surface area (Å²) in [5.41, 5.74) is 2.61. The van der Waals surface area contributed by atoms with E-state index in [-0.39, 0.29) is 5.91 Å². The maximum Gasteiger partial charge on any atom is 0.216 e. The third-order valence-corrected chi connectivity index (χ3v) is 3.26. The van der Waals surface area contributed by atoms with Gasteiger partial charge in [0.05, 0.1) is 7.11 Å². The largest absolute Gasteiger partial charge is 0.497 e. The summed E-state index contributed by atoms with van der Waals surface area (Å²) in [5, 5.41) is 2.84. The molecular weight excluding hydrogens is 228 g/mol. The van der Waals surface area contributed by atoms with Gasteiger partial charge in [0.25, 0.3) is 0 Å². The molecule has 0 saturated carbocycles. The molecule has 0 radical (unpaired) electrons. The predicted molar refractivity (Wildman–Crippen MR) is 72.2 cm³/mol. The molecule has 18 heavy (non-hydrogen) atoms. The van der Waals surface area contributed by atoms with Crippen molar-refractivity contribution in [2.45, 2.75) is 19.8 Å². The van der Waals surface area contributed by atoms with E-state index in [0.717, 1.165) is 25.3 Å². The maximum atomic E-state index is 10.9. The Morgan fingerprint density at radius 3 is 3.06 bits per heavy atom. The highest BCUT2D eigenvalue weighted by Gasteiger charge is 2.17. The SMILES string of the molecule is COc1ccc2c(c1)N(CCNC(C)=O)CCC2. The Morgan fingerprint density at radius 1 is 1.50 bits per heavy atom. The molecule has 1 aromatic carbocycles. The molecule has 0 saturated heterocycles. The van der Waals surface area contributed by atoms with Gasteiger partial charge in [-0.25, -0.2) is 0 Å². The number of anilines is 1. The Labute approximate surface area is 108 Å². The van der Waals surface area contributed by atoms with E-state index in [0.29, 0.717) is 6.54 Å². The minimum absolute atomic E-state index is 0.0258. The van der Waals surface area contributed by atoms with Crippen LogP contribution in [0.4, 0.5) is 5.69 Å². The van der Waals surface area contributed by atoms with Gasteiger partial charge in [-0.3, -0.25) is 4.79 Å². The van der Waals surface area contributed by atoms with E-state index in [9.17, 15) is 4.79 Å². The van der Waals surface area contributed by atoms with Crippen molar-refractivity contribution in [2.24, 2.45) is 0 Å². The molecule has 0 atom stereocenters. The number of rotatable bonds is 4. The summed E-state index contributed by atoms with van der Waals surface area (Å²) in [6.07, 6.45) is 2.29. The fourth-order valence-electron chi connectivity index (χ4n) is 2.36. The second kappa shape index (κ2) is 5.76. The maximum absolute atomic E-state index is 10.9. The van der Waals surface area contributed by atoms with Crippen LogP contribution < -0.4 is 15.0 Å². The molecular formula is C14H20N2O2. The predicted octanol–water partition coefficient (Wildman–Crippen LogP) is 1.58. The van der Waals surface area contributed by atoms with Gasteiger partial charge in [0.15, 0.2) is 0 Å². The van der Waals surface area contributed by atoms with Crippen molar-refractivity contribution in [3.63, 3.8) is 0 Å². The molecule has 1 aliphatic heterocycles. The summed E-state index contributed by atoms with van der Waals surface area (Å²) in [7, 11) is 1.69. The minimum atomic E-state index is 0.0258. The number of methoxy groups -OCH3 is 1. The second-order valence-corrected chi connectivity index (χ2v) is 4.57. The average molecular weight is 248 g/mol. The Hall–Kier alpha value is -1.71. The van der Waals surface area contributed by atoms with Gasteiger partial charge in [0.2, 0.25) is 5.91 Å². The van der Waals surface area contributed by atoms with Gasteiger partial charge in [-0.1, -0.05) is 6.07 Å². The van der Waals surface area contributed by atoms with Gasteiger partial charge in [0, 0.05) is 38.3 Å². The molecule has 1 aliphatic rings. The molecule has 98 valence electrons. The summed E-state index contributed by atoms with van der Waals surface area (Å²) < 4.78 is 5.27. The number of aryl methyl sites for hydroxylation is 1. The van der Waals surface area contributed by atoms with Crippen LogP contribution in [0.25, 0.3) is 0 Å². The topological polar surface area (TPSA) is 41.6 Å². The van der Waals surface area contributed by atoms with Crippen molar-refractivity contribution in [3.05, 3.63) is 23.8 Å². The highest BCUT2D eigenvalue weighted by molar-refractivity contribution is 5.72. The van der Waals surface area contributed by atoms with E-state index < -0.39 is 0 Å². The molecule has 1 amide bonds. The molecule has 2 rings (SSSR count). The van der Waals surface area contributed by atoms with Crippen molar-refractivity contribution < 1.29 is 9.53 Å². The number of amides is 1. The van der Waals surface area contributed by atoms with Crippen molar-refractivity contribution in [1.82, 2.24) is 5.32 Å². The normalized spacial score (nSPS) is 14.0. The van der Waals surface area contributed by atoms with E-state index in [1.807, 2.05) is 6.07 Å². The zero-order valence-corrected chi connectivity index (χ0v) is 11.0. The Bertz CT molecular complexity index is 432. The van der Waals surface area contributed by atoms with Crippen molar-refractivity contribution in [3.8, 4) is 5.75 Å². The smallest absolute Gasteiger partial charge is 0.216 e. The number of nitrogens with one attached hydrogen (secondary N) is 1. The first kappa shape index (κ1) is 12.7. The molecule has 0 bridgehead atoms. The van der Waals surface area contributed by atoms with E-state index >= 15 is 0 Å². The first-order valence-corrected chi connectivity index (χ1v) is 6.37. The zero-order chi connectivity index (χ0) is 13.0. The van der Waals surface area contributed by atoms with Crippen LogP contribution in [0.3, 0.4) is 0 Å². The number of benzene rings is 1. The van der Waals surface area contributed by atoms with E-state index in [2.05, 4.69) is 22.3 Å². The van der Waals surface area contributed by atoms with Crippen LogP contribution in [-0.4, -0.2) is 32.7 Å². The van der Waals surface area contributed by atoms with Gasteiger partial charge in [0.1, 0.15) is 5.75 Å². The number of fused-ring (bicyclic) bond motifs is 1. The van der Waals surface area contributed by atoms with E-state index in [4.69, 9.17) is 4.74 Å². The van der Waals surface area contributed by atoms with Crippen LogP contribution in [0.2, 0.25) is 0 Å². The highest BCUT2D eigenvalue weighted by atomic mass is 16.5. The third-order valence-electron chi connectivity index (χ3n) is 3.26. The van der Waals surface area contributed by atoms with Crippen LogP contribution in [0.1, 0.15) is 18.9 Å². The molecule has 0 unspecified atom stereocenters. The first-order chi connectivity index (χ1) is 8.70. The quantitative estimate of drug-likeness (QED) is 0.879. The van der Waals surface area contributed by atoms with Crippen molar-refractivity contribution in [2.75, 3.05) is 31.6 Å². The Kier molecular flexibility index (Phi) is 4.07. The highest BCUT2D eigenvalue weighted by Crippen LogP contribution is 2.30. The lowest BCUT2D eigenvalue weighted by molar-refractivity contribution is -0.118. The molecule has 1 heterocycles. The fourth-order valence-corrected chi connectivity index (χ4v) is 2.36. The number of hydrogen-bond acceptors (Lipinski definition) is 3. The Balaban J connectivity index is 2.08. The summed E-state index contributed by atoms with van der Waals surface area (Å²) in [6.45, 7) is 4.12. The molecule has 0 spiro atoms. The van der Waals surface area contributed by atoms with Gasteiger partial charge < -0.3 is 15.0 Å². The monoisotopic (exact) mass is 248 g/mol. The summed E-state index contributed by atoms with van der Waals surface area (Å²) in [6, 6.07) is 6.23. The van der Waals surface area contributed by atoms with Crippen LogP contribution in [0.5, 0.6) is 5.75 Å². The number of nitrogens with zero attached hydrogens (tertiary/aromatic N) is 1. The van der Waals surface area contributed by atoms with Gasteiger partial charge >= 0.3 is 0 Å². The number of carbonyl (C=O) groups excluding carboxylic acids is 1. The van der Waals surface area contributed by atoms with Gasteiger partial charge in [-0.05, 0) is 24.5 Å². The lowest BCUT2D eigenvalue weighted by atomic mass is 10.0. The zero-order valence-electron chi connectivity index (χ0n) is 11.0. The molecule has 0 aliphatic carbocycles. The molecule has 0 aromatic heterocycles. The Morgan fingerprint density at radius 2 is 2.33 bits per heavy atom. The van der Waals surface area contributed by atoms with Crippen molar-refractivity contribution >= 4 is 11.6 Å². The average Bonchev–Trinajstić information content (AvgIpc) is 2.38. The summed E-state index contributed by atoms with van der Waals surface area (Å²) in [4.78, 5) is 13.2. The second-order valence-electron chi connectivity index (χ2n) is 4.57. The van der Waals surface area contributed by atoms with Gasteiger partial charge in [-0.15, -0.1) is 0 Å². The molecule has 0 fully saturated rings.